The van der Waals surface area contributed by atoms with Crippen molar-refractivity contribution < 1.29 is 4.79 Å². The van der Waals surface area contributed by atoms with E-state index in [0.29, 0.717) is 0 Å². The Balaban J connectivity index is 2.28. The first kappa shape index (κ1) is 9.52. The molecule has 1 aliphatic carbocycles. The molecule has 1 unspecified atom stereocenters. The van der Waals surface area contributed by atoms with Gasteiger partial charge < -0.3 is 10.2 Å². The maximum atomic E-state index is 11.5. The average Bonchev–Trinajstić information content (AvgIpc) is 2.85. The van der Waals surface area contributed by atoms with E-state index in [1.54, 1.807) is 0 Å². The lowest BCUT2D eigenvalue weighted by atomic mass is 10.3. The summed E-state index contributed by atoms with van der Waals surface area (Å²) in [6, 6.07) is -0.0475. The lowest BCUT2D eigenvalue weighted by Crippen LogP contribution is -2.42. The fraction of sp³-hybridized carbons (Fsp3) is 0.889. The molecule has 1 aliphatic rings. The van der Waals surface area contributed by atoms with Crippen LogP contribution in [-0.2, 0) is 4.79 Å². The smallest absolute Gasteiger partial charge is 0.239 e. The Morgan fingerprint density at radius 3 is 2.67 bits per heavy atom. The molecule has 1 atom stereocenters. The quantitative estimate of drug-likeness (QED) is 0.665. The van der Waals surface area contributed by atoms with Crippen molar-refractivity contribution in [2.75, 3.05) is 20.6 Å². The monoisotopic (exact) mass is 170 g/mol. The molecule has 1 fully saturated rings. The molecular weight excluding hydrogens is 152 g/mol. The maximum Gasteiger partial charge on any atom is 0.239 e. The van der Waals surface area contributed by atoms with E-state index in [0.717, 1.165) is 12.5 Å². The van der Waals surface area contributed by atoms with Crippen LogP contribution >= 0.6 is 0 Å². The number of hydrogen-bond acceptors (Lipinski definition) is 2. The van der Waals surface area contributed by atoms with E-state index in [9.17, 15) is 4.79 Å². The maximum absolute atomic E-state index is 11.5. The molecule has 3 heteroatoms. The molecule has 0 saturated heterocycles. The standard InChI is InChI=1S/C9H18N2O/c1-7(10-2)9(12)11(3)6-8-4-5-8/h7-8,10H,4-6H2,1-3H3. The molecule has 0 heterocycles. The summed E-state index contributed by atoms with van der Waals surface area (Å²) >= 11 is 0. The fourth-order valence-electron chi connectivity index (χ4n) is 1.23. The zero-order valence-electron chi connectivity index (χ0n) is 8.13. The summed E-state index contributed by atoms with van der Waals surface area (Å²) in [6.07, 6.45) is 2.59. The summed E-state index contributed by atoms with van der Waals surface area (Å²) in [6.45, 7) is 2.83. The predicted octanol–water partition coefficient (Wildman–Crippen LogP) is 0.463. The zero-order chi connectivity index (χ0) is 9.14. The third kappa shape index (κ3) is 2.48. The first-order valence-electron chi connectivity index (χ1n) is 4.57. The number of amides is 1. The van der Waals surface area contributed by atoms with Gasteiger partial charge in [0.2, 0.25) is 5.91 Å². The van der Waals surface area contributed by atoms with Crippen molar-refractivity contribution in [1.82, 2.24) is 10.2 Å². The lowest BCUT2D eigenvalue weighted by molar-refractivity contribution is -0.131. The first-order chi connectivity index (χ1) is 5.65. The topological polar surface area (TPSA) is 32.3 Å². The van der Waals surface area contributed by atoms with E-state index in [1.165, 1.54) is 12.8 Å². The molecule has 0 aliphatic heterocycles. The van der Waals surface area contributed by atoms with Crippen LogP contribution in [0, 0.1) is 5.92 Å². The predicted molar refractivity (Wildman–Crippen MR) is 48.9 cm³/mol. The van der Waals surface area contributed by atoms with Crippen molar-refractivity contribution in [3.05, 3.63) is 0 Å². The summed E-state index contributed by atoms with van der Waals surface area (Å²) < 4.78 is 0. The van der Waals surface area contributed by atoms with E-state index in [2.05, 4.69) is 5.32 Å². The van der Waals surface area contributed by atoms with Crippen molar-refractivity contribution in [2.45, 2.75) is 25.8 Å². The lowest BCUT2D eigenvalue weighted by Gasteiger charge is -2.20. The van der Waals surface area contributed by atoms with Gasteiger partial charge in [0.25, 0.3) is 0 Å². The van der Waals surface area contributed by atoms with Crippen LogP contribution in [0.4, 0.5) is 0 Å². The number of carbonyl (C=O) groups is 1. The van der Waals surface area contributed by atoms with Crippen LogP contribution in [0.25, 0.3) is 0 Å². The van der Waals surface area contributed by atoms with Gasteiger partial charge >= 0.3 is 0 Å². The van der Waals surface area contributed by atoms with Gasteiger partial charge in [-0.05, 0) is 32.7 Å². The highest BCUT2D eigenvalue weighted by atomic mass is 16.2. The molecule has 1 saturated carbocycles. The second-order valence-electron chi connectivity index (χ2n) is 3.67. The molecule has 0 aromatic heterocycles. The Labute approximate surface area is 74.1 Å². The number of rotatable bonds is 4. The normalized spacial score (nSPS) is 18.9. The summed E-state index contributed by atoms with van der Waals surface area (Å²) in [5, 5.41) is 2.95. The number of nitrogens with zero attached hydrogens (tertiary/aromatic N) is 1. The number of nitrogens with one attached hydrogen (secondary N) is 1. The number of likely N-dealkylation sites (N-methyl/N-ethyl adjacent to an activating group) is 2. The molecule has 0 bridgehead atoms. The van der Waals surface area contributed by atoms with Crippen molar-refractivity contribution >= 4 is 5.91 Å². The van der Waals surface area contributed by atoms with Gasteiger partial charge in [-0.2, -0.15) is 0 Å². The van der Waals surface area contributed by atoms with Crippen LogP contribution in [0.3, 0.4) is 0 Å². The van der Waals surface area contributed by atoms with Crippen LogP contribution in [0.15, 0.2) is 0 Å². The molecule has 12 heavy (non-hydrogen) atoms. The van der Waals surface area contributed by atoms with Crippen LogP contribution in [0.1, 0.15) is 19.8 Å². The third-order valence-corrected chi connectivity index (χ3v) is 2.41. The van der Waals surface area contributed by atoms with Crippen molar-refractivity contribution in [1.29, 1.82) is 0 Å². The SMILES string of the molecule is CNC(C)C(=O)N(C)CC1CC1. The van der Waals surface area contributed by atoms with Gasteiger partial charge in [-0.1, -0.05) is 0 Å². The second kappa shape index (κ2) is 3.90. The molecule has 1 amide bonds. The minimum absolute atomic E-state index is 0.0475. The van der Waals surface area contributed by atoms with Gasteiger partial charge in [-0.25, -0.2) is 0 Å². The minimum Gasteiger partial charge on any atom is -0.344 e. The van der Waals surface area contributed by atoms with E-state index < -0.39 is 0 Å². The molecule has 3 nitrogen and oxygen atoms in total. The van der Waals surface area contributed by atoms with E-state index in [4.69, 9.17) is 0 Å². The van der Waals surface area contributed by atoms with Crippen LogP contribution in [0.2, 0.25) is 0 Å². The second-order valence-corrected chi connectivity index (χ2v) is 3.67. The summed E-state index contributed by atoms with van der Waals surface area (Å²) in [7, 11) is 3.70. The van der Waals surface area contributed by atoms with Crippen LogP contribution < -0.4 is 5.32 Å². The first-order valence-corrected chi connectivity index (χ1v) is 4.57. The van der Waals surface area contributed by atoms with Crippen molar-refractivity contribution in [2.24, 2.45) is 5.92 Å². The van der Waals surface area contributed by atoms with Crippen molar-refractivity contribution in [3.8, 4) is 0 Å². The van der Waals surface area contributed by atoms with E-state index in [1.807, 2.05) is 25.9 Å². The molecule has 0 aromatic carbocycles. The Kier molecular flexibility index (Phi) is 3.09. The molecule has 70 valence electrons. The van der Waals surface area contributed by atoms with Gasteiger partial charge in [-0.3, -0.25) is 4.79 Å². The third-order valence-electron chi connectivity index (χ3n) is 2.41. The largest absolute Gasteiger partial charge is 0.344 e. The highest BCUT2D eigenvalue weighted by Gasteiger charge is 2.26. The Morgan fingerprint density at radius 2 is 2.25 bits per heavy atom. The van der Waals surface area contributed by atoms with E-state index in [-0.39, 0.29) is 11.9 Å². The molecule has 1 N–H and O–H groups in total. The highest BCUT2D eigenvalue weighted by molar-refractivity contribution is 5.81. The van der Waals surface area contributed by atoms with Gasteiger partial charge in [0.15, 0.2) is 0 Å². The van der Waals surface area contributed by atoms with Crippen LogP contribution in [-0.4, -0.2) is 37.5 Å². The minimum atomic E-state index is -0.0475. The van der Waals surface area contributed by atoms with Gasteiger partial charge in [0.1, 0.15) is 0 Å². The molecule has 1 rings (SSSR count). The Bertz CT molecular complexity index is 166. The molecular formula is C9H18N2O. The summed E-state index contributed by atoms with van der Waals surface area (Å²) in [5.41, 5.74) is 0. The molecule has 0 aromatic rings. The molecule has 0 spiro atoms. The number of carbonyl (C=O) groups excluding carboxylic acids is 1. The number of hydrogen-bond donors (Lipinski definition) is 1. The summed E-state index contributed by atoms with van der Waals surface area (Å²) in [5.74, 6) is 0.979. The molecule has 0 radical (unpaired) electrons. The van der Waals surface area contributed by atoms with Gasteiger partial charge in [0.05, 0.1) is 6.04 Å². The van der Waals surface area contributed by atoms with E-state index >= 15 is 0 Å². The average molecular weight is 170 g/mol. The van der Waals surface area contributed by atoms with Gasteiger partial charge in [0, 0.05) is 13.6 Å². The Hall–Kier alpha value is -0.570. The Morgan fingerprint density at radius 1 is 1.67 bits per heavy atom. The highest BCUT2D eigenvalue weighted by Crippen LogP contribution is 2.29. The van der Waals surface area contributed by atoms with Crippen LogP contribution in [0.5, 0.6) is 0 Å². The van der Waals surface area contributed by atoms with Crippen molar-refractivity contribution in [3.63, 3.8) is 0 Å². The summed E-state index contributed by atoms with van der Waals surface area (Å²) in [4.78, 5) is 13.3. The fourth-order valence-corrected chi connectivity index (χ4v) is 1.23. The van der Waals surface area contributed by atoms with Gasteiger partial charge in [-0.15, -0.1) is 0 Å². The zero-order valence-corrected chi connectivity index (χ0v) is 8.13.